The zero-order chi connectivity index (χ0) is 16.9. The average Bonchev–Trinajstić information content (AvgIpc) is 2.44. The Hall–Kier alpha value is -1.49. The van der Waals surface area contributed by atoms with Crippen molar-refractivity contribution in [1.82, 2.24) is 0 Å². The summed E-state index contributed by atoms with van der Waals surface area (Å²) in [6, 6.07) is 7.35. The summed E-state index contributed by atoms with van der Waals surface area (Å²) in [4.78, 5) is 0.661. The molecular formula is C17H29NO3Si. The van der Waals surface area contributed by atoms with Crippen LogP contribution in [0.1, 0.15) is 47.1 Å². The van der Waals surface area contributed by atoms with Gasteiger partial charge in [0.1, 0.15) is 5.75 Å². The van der Waals surface area contributed by atoms with E-state index in [1.165, 1.54) is 6.21 Å². The van der Waals surface area contributed by atoms with Crippen LogP contribution in [-0.2, 0) is 4.53 Å². The molecular weight excluding hydrogens is 294 g/mol. The third-order valence-corrected chi connectivity index (χ3v) is 10.2. The summed E-state index contributed by atoms with van der Waals surface area (Å²) in [5.74, 6) is 0.769. The van der Waals surface area contributed by atoms with Crippen LogP contribution in [0.5, 0.6) is 5.75 Å². The van der Waals surface area contributed by atoms with Gasteiger partial charge in [-0.1, -0.05) is 41.5 Å². The Morgan fingerprint density at radius 1 is 0.955 bits per heavy atom. The van der Waals surface area contributed by atoms with Crippen molar-refractivity contribution in [2.45, 2.75) is 58.2 Å². The van der Waals surface area contributed by atoms with E-state index in [2.05, 4.69) is 41.5 Å². The van der Waals surface area contributed by atoms with E-state index >= 15 is 0 Å². The molecule has 124 valence electrons. The first-order valence-electron chi connectivity index (χ1n) is 7.88. The molecule has 1 aromatic rings. The third kappa shape index (κ3) is 4.03. The van der Waals surface area contributed by atoms with E-state index < -0.39 is 8.32 Å². The van der Waals surface area contributed by atoms with Crippen LogP contribution >= 0.6 is 0 Å². The Morgan fingerprint density at radius 3 is 1.77 bits per heavy atom. The van der Waals surface area contributed by atoms with Crippen molar-refractivity contribution < 1.29 is 14.2 Å². The van der Waals surface area contributed by atoms with E-state index in [4.69, 9.17) is 9.26 Å². The third-order valence-electron chi connectivity index (χ3n) is 4.33. The van der Waals surface area contributed by atoms with Gasteiger partial charge < -0.3 is 9.26 Å². The van der Waals surface area contributed by atoms with Gasteiger partial charge in [-0.15, -0.1) is 0 Å². The standard InChI is InChI=1S/C17H29NO3Si/c1-13(2)22(14(3)4,15(5)6)21-18(19)12-16-8-10-17(20-7)11-9-16/h8-15H,1-7H3/b18-12+. The van der Waals surface area contributed by atoms with E-state index in [0.717, 1.165) is 11.3 Å². The summed E-state index contributed by atoms with van der Waals surface area (Å²) in [7, 11) is -0.584. The summed E-state index contributed by atoms with van der Waals surface area (Å²) < 4.78 is 11.1. The minimum absolute atomic E-state index is 0.369. The molecule has 0 unspecified atom stereocenters. The molecule has 0 bridgehead atoms. The lowest BCUT2D eigenvalue weighted by atomic mass is 10.2. The molecule has 0 radical (unpaired) electrons. The van der Waals surface area contributed by atoms with Crippen LogP contribution < -0.4 is 4.74 Å². The molecule has 5 heteroatoms. The van der Waals surface area contributed by atoms with Crippen LogP contribution in [0.15, 0.2) is 24.3 Å². The van der Waals surface area contributed by atoms with Gasteiger partial charge >= 0.3 is 0 Å². The number of hydrogen-bond donors (Lipinski definition) is 0. The Morgan fingerprint density at radius 2 is 1.41 bits per heavy atom. The number of methoxy groups -OCH3 is 1. The lowest BCUT2D eigenvalue weighted by Gasteiger charge is -2.43. The molecule has 1 aromatic carbocycles. The second kappa shape index (κ2) is 7.67. The number of hydrogen-bond acceptors (Lipinski definition) is 3. The normalized spacial score (nSPS) is 13.1. The molecule has 0 aromatic heterocycles. The fourth-order valence-corrected chi connectivity index (χ4v) is 8.31. The molecule has 0 spiro atoms. The van der Waals surface area contributed by atoms with Crippen LogP contribution in [0.3, 0.4) is 0 Å². The fourth-order valence-electron chi connectivity index (χ4n) is 3.31. The summed E-state index contributed by atoms with van der Waals surface area (Å²) in [6.07, 6.45) is 1.49. The summed E-state index contributed by atoms with van der Waals surface area (Å²) in [6.45, 7) is 13.0. The van der Waals surface area contributed by atoms with Gasteiger partial charge in [0, 0.05) is 10.5 Å². The maximum Gasteiger partial charge on any atom is 0.239 e. The highest BCUT2D eigenvalue weighted by atomic mass is 28.4. The number of benzene rings is 1. The zero-order valence-corrected chi connectivity index (χ0v) is 15.8. The Bertz CT molecular complexity index is 473. The first kappa shape index (κ1) is 18.6. The van der Waals surface area contributed by atoms with Crippen LogP contribution in [0, 0.1) is 5.21 Å². The first-order chi connectivity index (χ1) is 10.2. The van der Waals surface area contributed by atoms with Crippen molar-refractivity contribution in [3.8, 4) is 5.75 Å². The van der Waals surface area contributed by atoms with E-state index in [-0.39, 0.29) is 0 Å². The van der Waals surface area contributed by atoms with Crippen molar-refractivity contribution in [3.63, 3.8) is 0 Å². The Kier molecular flexibility index (Phi) is 6.47. The molecule has 0 amide bonds. The smallest absolute Gasteiger partial charge is 0.239 e. The van der Waals surface area contributed by atoms with Crippen LogP contribution in [0.2, 0.25) is 16.6 Å². The number of rotatable bonds is 7. The number of ether oxygens (including phenoxy) is 1. The first-order valence-corrected chi connectivity index (χ1v) is 10.0. The van der Waals surface area contributed by atoms with Crippen LogP contribution in [0.4, 0.5) is 0 Å². The van der Waals surface area contributed by atoms with Gasteiger partial charge in [0.2, 0.25) is 14.5 Å². The highest BCUT2D eigenvalue weighted by molar-refractivity contribution is 6.77. The molecule has 0 fully saturated rings. The summed E-state index contributed by atoms with van der Waals surface area (Å²) >= 11 is 0. The maximum atomic E-state index is 12.3. The quantitative estimate of drug-likeness (QED) is 0.315. The molecule has 0 aliphatic heterocycles. The molecule has 0 N–H and O–H groups in total. The highest BCUT2D eigenvalue weighted by Crippen LogP contribution is 2.42. The lowest BCUT2D eigenvalue weighted by Crippen LogP contribution is -2.49. The predicted molar refractivity (Wildman–Crippen MR) is 93.9 cm³/mol. The lowest BCUT2D eigenvalue weighted by molar-refractivity contribution is -0.701. The van der Waals surface area contributed by atoms with Crippen molar-refractivity contribution >= 4 is 14.5 Å². The van der Waals surface area contributed by atoms with Crippen molar-refractivity contribution in [1.29, 1.82) is 0 Å². The molecule has 4 nitrogen and oxygen atoms in total. The number of nitrogens with zero attached hydrogens (tertiary/aromatic N) is 1. The second-order valence-electron chi connectivity index (χ2n) is 6.60. The van der Waals surface area contributed by atoms with Gasteiger partial charge in [0.15, 0.2) is 0 Å². The molecule has 0 aliphatic rings. The SMILES string of the molecule is COc1ccc(/C=[N+](\[O-])O[Si](C(C)C)(C(C)C)C(C)C)cc1. The second-order valence-corrected chi connectivity index (χ2v) is 12.0. The molecule has 22 heavy (non-hydrogen) atoms. The Labute approximate surface area is 135 Å². The fraction of sp³-hybridized carbons (Fsp3) is 0.588. The average molecular weight is 324 g/mol. The molecule has 0 atom stereocenters. The summed E-state index contributed by atoms with van der Waals surface area (Å²) in [5.41, 5.74) is 1.91. The zero-order valence-electron chi connectivity index (χ0n) is 14.8. The van der Waals surface area contributed by atoms with Gasteiger partial charge in [-0.25, -0.2) is 0 Å². The maximum absolute atomic E-state index is 12.3. The van der Waals surface area contributed by atoms with E-state index in [0.29, 0.717) is 21.5 Å². The van der Waals surface area contributed by atoms with Crippen molar-refractivity contribution in [3.05, 3.63) is 35.0 Å². The van der Waals surface area contributed by atoms with Gasteiger partial charge in [-0.2, -0.15) is 0 Å². The van der Waals surface area contributed by atoms with Gasteiger partial charge in [-0.3, -0.25) is 5.21 Å². The van der Waals surface area contributed by atoms with Crippen LogP contribution in [-0.4, -0.2) is 26.5 Å². The monoisotopic (exact) mass is 323 g/mol. The van der Waals surface area contributed by atoms with Gasteiger partial charge in [0.25, 0.3) is 0 Å². The minimum Gasteiger partial charge on any atom is -0.497 e. The molecule has 0 saturated carbocycles. The highest BCUT2D eigenvalue weighted by Gasteiger charge is 2.44. The largest absolute Gasteiger partial charge is 0.497 e. The van der Waals surface area contributed by atoms with Crippen molar-refractivity contribution in [2.75, 3.05) is 7.11 Å². The van der Waals surface area contributed by atoms with Crippen molar-refractivity contribution in [2.24, 2.45) is 0 Å². The van der Waals surface area contributed by atoms with Gasteiger partial charge in [0.05, 0.1) is 7.11 Å². The molecule has 0 heterocycles. The van der Waals surface area contributed by atoms with E-state index in [9.17, 15) is 5.21 Å². The summed E-state index contributed by atoms with van der Waals surface area (Å²) in [5, 5.41) is 12.3. The molecule has 0 aliphatic carbocycles. The topological polar surface area (TPSA) is 44.5 Å². The van der Waals surface area contributed by atoms with Gasteiger partial charge in [-0.05, 0) is 40.9 Å². The van der Waals surface area contributed by atoms with E-state index in [1.807, 2.05) is 24.3 Å². The minimum atomic E-state index is -2.20. The predicted octanol–water partition coefficient (Wildman–Crippen LogP) is 4.73. The molecule has 0 saturated heterocycles. The molecule has 1 rings (SSSR count). The van der Waals surface area contributed by atoms with E-state index in [1.54, 1.807) is 7.11 Å². The Balaban J connectivity index is 3.03. The van der Waals surface area contributed by atoms with Crippen LogP contribution in [0.25, 0.3) is 0 Å².